The molecule has 2 rings (SSSR count). The van der Waals surface area contributed by atoms with E-state index in [-0.39, 0.29) is 13.4 Å². The van der Waals surface area contributed by atoms with Gasteiger partial charge in [0.1, 0.15) is 31.6 Å². The summed E-state index contributed by atoms with van der Waals surface area (Å²) >= 11 is 0. The van der Waals surface area contributed by atoms with Gasteiger partial charge in [0, 0.05) is 14.0 Å². The van der Waals surface area contributed by atoms with E-state index in [0.29, 0.717) is 0 Å². The summed E-state index contributed by atoms with van der Waals surface area (Å²) < 4.78 is 25.8. The molecule has 2 saturated heterocycles. The van der Waals surface area contributed by atoms with Crippen LogP contribution in [0.15, 0.2) is 0 Å². The Morgan fingerprint density at radius 3 is 2.53 bits per heavy atom. The van der Waals surface area contributed by atoms with Crippen molar-refractivity contribution in [1.29, 1.82) is 0 Å². The SMILES string of the molecule is COC(=O)N1[C@H](COC(C)=O)[C@H]2OCO[C@H]2[C@@H]1OC. The quantitative estimate of drug-likeness (QED) is 0.655. The van der Waals surface area contributed by atoms with E-state index in [1.807, 2.05) is 0 Å². The van der Waals surface area contributed by atoms with Gasteiger partial charge in [-0.1, -0.05) is 0 Å². The first kappa shape index (κ1) is 14.0. The van der Waals surface area contributed by atoms with E-state index in [2.05, 4.69) is 0 Å². The lowest BCUT2D eigenvalue weighted by atomic mass is 10.1. The minimum Gasteiger partial charge on any atom is -0.464 e. The van der Waals surface area contributed by atoms with Crippen LogP contribution in [0, 0.1) is 0 Å². The molecule has 2 heterocycles. The monoisotopic (exact) mass is 275 g/mol. The van der Waals surface area contributed by atoms with Gasteiger partial charge in [-0.2, -0.15) is 0 Å². The third-order valence-corrected chi connectivity index (χ3v) is 3.22. The third kappa shape index (κ3) is 2.51. The number of hydrogen-bond donors (Lipinski definition) is 0. The van der Waals surface area contributed by atoms with Gasteiger partial charge in [0.15, 0.2) is 6.23 Å². The molecular formula is C11H17NO7. The van der Waals surface area contributed by atoms with E-state index < -0.39 is 36.5 Å². The highest BCUT2D eigenvalue weighted by atomic mass is 16.7. The van der Waals surface area contributed by atoms with E-state index in [1.54, 1.807) is 0 Å². The number of carbonyl (C=O) groups excluding carboxylic acids is 2. The zero-order chi connectivity index (χ0) is 14.0. The zero-order valence-corrected chi connectivity index (χ0v) is 11.0. The Kier molecular flexibility index (Phi) is 4.23. The van der Waals surface area contributed by atoms with Crippen LogP contribution >= 0.6 is 0 Å². The molecule has 2 fully saturated rings. The molecule has 0 radical (unpaired) electrons. The summed E-state index contributed by atoms with van der Waals surface area (Å²) in [5.74, 6) is -0.429. The highest BCUT2D eigenvalue weighted by Crippen LogP contribution is 2.34. The number of esters is 1. The van der Waals surface area contributed by atoms with Crippen molar-refractivity contribution in [2.45, 2.75) is 31.4 Å². The van der Waals surface area contributed by atoms with Gasteiger partial charge >= 0.3 is 12.1 Å². The number of methoxy groups -OCH3 is 2. The molecule has 8 heteroatoms. The fourth-order valence-electron chi connectivity index (χ4n) is 2.44. The van der Waals surface area contributed by atoms with Crippen molar-refractivity contribution in [2.24, 2.45) is 0 Å². The molecule has 0 N–H and O–H groups in total. The second kappa shape index (κ2) is 5.72. The Morgan fingerprint density at radius 2 is 1.95 bits per heavy atom. The summed E-state index contributed by atoms with van der Waals surface area (Å²) in [5.41, 5.74) is 0. The van der Waals surface area contributed by atoms with Crippen molar-refractivity contribution < 1.29 is 33.3 Å². The zero-order valence-electron chi connectivity index (χ0n) is 11.0. The Bertz CT molecular complexity index is 361. The molecule has 0 aromatic heterocycles. The second-order valence-electron chi connectivity index (χ2n) is 4.25. The van der Waals surface area contributed by atoms with E-state index >= 15 is 0 Å². The van der Waals surface area contributed by atoms with E-state index in [9.17, 15) is 9.59 Å². The van der Waals surface area contributed by atoms with Crippen LogP contribution in [0.3, 0.4) is 0 Å². The normalized spacial score (nSPS) is 33.1. The molecule has 108 valence electrons. The lowest BCUT2D eigenvalue weighted by Crippen LogP contribution is -2.47. The lowest BCUT2D eigenvalue weighted by molar-refractivity contribution is -0.145. The van der Waals surface area contributed by atoms with E-state index in [4.69, 9.17) is 23.7 Å². The minimum atomic E-state index is -0.625. The van der Waals surface area contributed by atoms with Crippen LogP contribution in [0.5, 0.6) is 0 Å². The van der Waals surface area contributed by atoms with Crippen LogP contribution in [0.4, 0.5) is 4.79 Å². The summed E-state index contributed by atoms with van der Waals surface area (Å²) in [6.45, 7) is 1.43. The number of nitrogens with zero attached hydrogens (tertiary/aromatic N) is 1. The summed E-state index contributed by atoms with van der Waals surface area (Å²) in [6, 6.07) is -0.492. The van der Waals surface area contributed by atoms with Crippen LogP contribution in [-0.4, -0.2) is 69.1 Å². The molecule has 0 spiro atoms. The van der Waals surface area contributed by atoms with E-state index in [1.165, 1.54) is 26.0 Å². The number of rotatable bonds is 3. The van der Waals surface area contributed by atoms with Crippen LogP contribution in [0.25, 0.3) is 0 Å². The van der Waals surface area contributed by atoms with E-state index in [0.717, 1.165) is 0 Å². The Hall–Kier alpha value is -1.38. The first-order valence-electron chi connectivity index (χ1n) is 5.85. The molecule has 4 atom stereocenters. The maximum Gasteiger partial charge on any atom is 0.412 e. The molecule has 2 aliphatic heterocycles. The predicted molar refractivity (Wildman–Crippen MR) is 60.1 cm³/mol. The van der Waals surface area contributed by atoms with Crippen molar-refractivity contribution >= 4 is 12.1 Å². The molecule has 2 aliphatic rings. The van der Waals surface area contributed by atoms with Crippen molar-refractivity contribution in [3.63, 3.8) is 0 Å². The first-order valence-corrected chi connectivity index (χ1v) is 5.85. The molecule has 0 bridgehead atoms. The third-order valence-electron chi connectivity index (χ3n) is 3.22. The molecule has 0 aromatic carbocycles. The van der Waals surface area contributed by atoms with Gasteiger partial charge in [-0.05, 0) is 0 Å². The van der Waals surface area contributed by atoms with Gasteiger partial charge in [-0.3, -0.25) is 9.69 Å². The number of amides is 1. The maximum atomic E-state index is 11.8. The van der Waals surface area contributed by atoms with Gasteiger partial charge in [0.05, 0.1) is 7.11 Å². The summed E-state index contributed by atoms with van der Waals surface area (Å²) in [6.07, 6.45) is -2.01. The fraction of sp³-hybridized carbons (Fsp3) is 0.818. The average molecular weight is 275 g/mol. The largest absolute Gasteiger partial charge is 0.464 e. The molecule has 0 saturated carbocycles. The Balaban J connectivity index is 2.18. The van der Waals surface area contributed by atoms with Crippen molar-refractivity contribution in [1.82, 2.24) is 4.90 Å². The predicted octanol–water partition coefficient (Wildman–Crippen LogP) is -0.286. The minimum absolute atomic E-state index is 0.00875. The van der Waals surface area contributed by atoms with Crippen LogP contribution in [0.1, 0.15) is 6.92 Å². The summed E-state index contributed by atoms with van der Waals surface area (Å²) in [7, 11) is 2.74. The molecule has 0 aliphatic carbocycles. The first-order chi connectivity index (χ1) is 9.10. The van der Waals surface area contributed by atoms with Crippen LogP contribution in [0.2, 0.25) is 0 Å². The number of fused-ring (bicyclic) bond motifs is 1. The van der Waals surface area contributed by atoms with Gasteiger partial charge in [-0.15, -0.1) is 0 Å². The van der Waals surface area contributed by atoms with Crippen molar-refractivity contribution in [2.75, 3.05) is 27.6 Å². The smallest absolute Gasteiger partial charge is 0.412 e. The standard InChI is InChI=1S/C11H17NO7/c1-6(13)17-4-7-8-9(19-5-18-8)10(15-2)12(7)11(14)16-3/h7-10H,4-5H2,1-3H3/t7-,8-,9-,10+/m1/s1. The maximum absolute atomic E-state index is 11.8. The fourth-order valence-corrected chi connectivity index (χ4v) is 2.44. The summed E-state index contributed by atoms with van der Waals surface area (Å²) in [4.78, 5) is 24.1. The highest BCUT2D eigenvalue weighted by Gasteiger charge is 2.56. The second-order valence-corrected chi connectivity index (χ2v) is 4.25. The number of likely N-dealkylation sites (tertiary alicyclic amines) is 1. The van der Waals surface area contributed by atoms with Gasteiger partial charge in [0.2, 0.25) is 0 Å². The molecule has 8 nitrogen and oxygen atoms in total. The number of ether oxygens (including phenoxy) is 5. The lowest BCUT2D eigenvalue weighted by Gasteiger charge is -2.29. The Morgan fingerprint density at radius 1 is 1.26 bits per heavy atom. The van der Waals surface area contributed by atoms with Crippen LogP contribution in [-0.2, 0) is 28.5 Å². The number of hydrogen-bond acceptors (Lipinski definition) is 7. The average Bonchev–Trinajstić information content (AvgIpc) is 2.94. The molecular weight excluding hydrogens is 258 g/mol. The molecule has 1 amide bonds. The van der Waals surface area contributed by atoms with Crippen molar-refractivity contribution in [3.05, 3.63) is 0 Å². The van der Waals surface area contributed by atoms with Crippen molar-refractivity contribution in [3.8, 4) is 0 Å². The topological polar surface area (TPSA) is 83.5 Å². The molecule has 19 heavy (non-hydrogen) atoms. The van der Waals surface area contributed by atoms with Crippen LogP contribution < -0.4 is 0 Å². The molecule has 0 unspecified atom stereocenters. The Labute approximate surface area is 110 Å². The van der Waals surface area contributed by atoms with Gasteiger partial charge in [-0.25, -0.2) is 4.79 Å². The van der Waals surface area contributed by atoms with Gasteiger partial charge < -0.3 is 23.7 Å². The molecule has 0 aromatic rings. The highest BCUT2D eigenvalue weighted by molar-refractivity contribution is 5.69. The van der Waals surface area contributed by atoms with Gasteiger partial charge in [0.25, 0.3) is 0 Å². The summed E-state index contributed by atoms with van der Waals surface area (Å²) in [5, 5.41) is 0. The number of carbonyl (C=O) groups is 2.